The van der Waals surface area contributed by atoms with Gasteiger partial charge in [0.1, 0.15) is 12.3 Å². The van der Waals surface area contributed by atoms with Crippen LogP contribution in [-0.2, 0) is 11.3 Å². The van der Waals surface area contributed by atoms with Gasteiger partial charge in [-0.1, -0.05) is 37.3 Å². The number of hydrogen-bond donors (Lipinski definition) is 1. The summed E-state index contributed by atoms with van der Waals surface area (Å²) in [6.45, 7) is 1.96. The number of benzene rings is 1. The molecule has 1 fully saturated rings. The first kappa shape index (κ1) is 14.8. The lowest BCUT2D eigenvalue weighted by atomic mass is 9.84. The Hall–Kier alpha value is -1.62. The molecular formula is C15H20FNO3. The van der Waals surface area contributed by atoms with E-state index in [2.05, 4.69) is 0 Å². The molecule has 1 saturated heterocycles. The van der Waals surface area contributed by atoms with Crippen molar-refractivity contribution in [1.29, 1.82) is 0 Å². The number of ether oxygens (including phenoxy) is 1. The first-order chi connectivity index (χ1) is 9.55. The molecular weight excluding hydrogens is 261 g/mol. The van der Waals surface area contributed by atoms with E-state index in [9.17, 15) is 9.18 Å². The molecule has 0 radical (unpaired) electrons. The van der Waals surface area contributed by atoms with Crippen molar-refractivity contribution in [1.82, 2.24) is 4.90 Å². The largest absolute Gasteiger partial charge is 0.445 e. The highest BCUT2D eigenvalue weighted by Crippen LogP contribution is 2.31. The van der Waals surface area contributed by atoms with Crippen LogP contribution in [0.3, 0.4) is 0 Å². The van der Waals surface area contributed by atoms with Crippen LogP contribution >= 0.6 is 0 Å². The van der Waals surface area contributed by atoms with Gasteiger partial charge < -0.3 is 14.7 Å². The van der Waals surface area contributed by atoms with Crippen molar-refractivity contribution in [3.05, 3.63) is 35.9 Å². The summed E-state index contributed by atoms with van der Waals surface area (Å²) in [6, 6.07) is 9.41. The number of aliphatic hydroxyl groups excluding tert-OH is 1. The fourth-order valence-corrected chi connectivity index (χ4v) is 2.36. The molecule has 1 aliphatic rings. The molecule has 20 heavy (non-hydrogen) atoms. The van der Waals surface area contributed by atoms with Gasteiger partial charge in [0.25, 0.3) is 0 Å². The predicted molar refractivity (Wildman–Crippen MR) is 72.9 cm³/mol. The minimum Gasteiger partial charge on any atom is -0.445 e. The van der Waals surface area contributed by atoms with E-state index in [1.54, 1.807) is 6.92 Å². The first-order valence-electron chi connectivity index (χ1n) is 6.80. The SMILES string of the molecule is CC1CN(C(=O)OCc2ccccc2)CCC1(F)CO. The van der Waals surface area contributed by atoms with E-state index >= 15 is 0 Å². The molecule has 2 atom stereocenters. The standard InChI is InChI=1S/C15H20FNO3/c1-12-9-17(8-7-15(12,16)11-18)14(19)20-10-13-5-3-2-4-6-13/h2-6,12,18H,7-11H2,1H3. The second-order valence-electron chi connectivity index (χ2n) is 5.33. The van der Waals surface area contributed by atoms with E-state index in [-0.39, 0.29) is 26.1 Å². The maximum absolute atomic E-state index is 14.2. The third-order valence-corrected chi connectivity index (χ3v) is 3.90. The highest BCUT2D eigenvalue weighted by atomic mass is 19.1. The normalized spacial score (nSPS) is 26.4. The van der Waals surface area contributed by atoms with Crippen LogP contribution < -0.4 is 0 Å². The number of rotatable bonds is 3. The predicted octanol–water partition coefficient (Wildman–Crippen LogP) is 2.37. The Morgan fingerprint density at radius 1 is 1.50 bits per heavy atom. The lowest BCUT2D eigenvalue weighted by molar-refractivity contribution is -0.0337. The maximum Gasteiger partial charge on any atom is 0.410 e. The van der Waals surface area contributed by atoms with E-state index in [0.717, 1.165) is 5.56 Å². The van der Waals surface area contributed by atoms with Gasteiger partial charge in [0.15, 0.2) is 0 Å². The zero-order chi connectivity index (χ0) is 14.6. The van der Waals surface area contributed by atoms with Crippen LogP contribution in [0, 0.1) is 5.92 Å². The Labute approximate surface area is 118 Å². The number of halogens is 1. The summed E-state index contributed by atoms with van der Waals surface area (Å²) in [5.41, 5.74) is -0.669. The van der Waals surface area contributed by atoms with Crippen LogP contribution in [-0.4, -0.2) is 41.5 Å². The van der Waals surface area contributed by atoms with Gasteiger partial charge in [-0.05, 0) is 5.56 Å². The Morgan fingerprint density at radius 2 is 2.20 bits per heavy atom. The molecule has 0 saturated carbocycles. The Morgan fingerprint density at radius 3 is 2.80 bits per heavy atom. The molecule has 5 heteroatoms. The van der Waals surface area contributed by atoms with Gasteiger partial charge in [-0.3, -0.25) is 0 Å². The van der Waals surface area contributed by atoms with Gasteiger partial charge in [0, 0.05) is 25.4 Å². The van der Waals surface area contributed by atoms with Crippen molar-refractivity contribution in [3.8, 4) is 0 Å². The van der Waals surface area contributed by atoms with Gasteiger partial charge >= 0.3 is 6.09 Å². The molecule has 4 nitrogen and oxygen atoms in total. The number of amides is 1. The minimum atomic E-state index is -1.59. The molecule has 1 heterocycles. The molecule has 1 aromatic carbocycles. The number of aliphatic hydroxyl groups is 1. The number of nitrogens with zero attached hydrogens (tertiary/aromatic N) is 1. The number of likely N-dealkylation sites (tertiary alicyclic amines) is 1. The van der Waals surface area contributed by atoms with Gasteiger partial charge in [-0.15, -0.1) is 0 Å². The van der Waals surface area contributed by atoms with E-state index < -0.39 is 24.3 Å². The van der Waals surface area contributed by atoms with E-state index in [1.165, 1.54) is 4.90 Å². The van der Waals surface area contributed by atoms with Crippen molar-refractivity contribution >= 4 is 6.09 Å². The highest BCUT2D eigenvalue weighted by Gasteiger charge is 2.42. The number of carbonyl (C=O) groups excluding carboxylic acids is 1. The average Bonchev–Trinajstić information content (AvgIpc) is 2.48. The summed E-state index contributed by atoms with van der Waals surface area (Å²) >= 11 is 0. The molecule has 2 unspecified atom stereocenters. The second kappa shape index (κ2) is 6.22. The molecule has 0 aliphatic carbocycles. The minimum absolute atomic E-state index is 0.144. The van der Waals surface area contributed by atoms with E-state index in [1.807, 2.05) is 30.3 Å². The summed E-state index contributed by atoms with van der Waals surface area (Å²) in [6.07, 6.45) is -0.286. The quantitative estimate of drug-likeness (QED) is 0.925. The number of hydrogen-bond acceptors (Lipinski definition) is 3. The topological polar surface area (TPSA) is 49.8 Å². The van der Waals surface area contributed by atoms with Crippen LogP contribution in [0.25, 0.3) is 0 Å². The van der Waals surface area contributed by atoms with Crippen LogP contribution in [0.15, 0.2) is 30.3 Å². The Kier molecular flexibility index (Phi) is 4.60. The summed E-state index contributed by atoms with van der Waals surface area (Å²) in [7, 11) is 0. The first-order valence-corrected chi connectivity index (χ1v) is 6.80. The van der Waals surface area contributed by atoms with Gasteiger partial charge in [-0.25, -0.2) is 9.18 Å². The zero-order valence-electron chi connectivity index (χ0n) is 11.6. The molecule has 1 aliphatic heterocycles. The van der Waals surface area contributed by atoms with Crippen molar-refractivity contribution in [2.45, 2.75) is 25.6 Å². The fraction of sp³-hybridized carbons (Fsp3) is 0.533. The number of piperidine rings is 1. The van der Waals surface area contributed by atoms with Crippen molar-refractivity contribution in [3.63, 3.8) is 0 Å². The molecule has 0 bridgehead atoms. The zero-order valence-corrected chi connectivity index (χ0v) is 11.6. The highest BCUT2D eigenvalue weighted by molar-refractivity contribution is 5.67. The monoisotopic (exact) mass is 281 g/mol. The molecule has 110 valence electrons. The summed E-state index contributed by atoms with van der Waals surface area (Å²) in [5.74, 6) is -0.398. The van der Waals surface area contributed by atoms with Gasteiger partial charge in [0.05, 0.1) is 6.61 Å². The van der Waals surface area contributed by atoms with Crippen LogP contribution in [0.4, 0.5) is 9.18 Å². The molecule has 1 aromatic rings. The third-order valence-electron chi connectivity index (χ3n) is 3.90. The lowest BCUT2D eigenvalue weighted by Gasteiger charge is -2.39. The average molecular weight is 281 g/mol. The second-order valence-corrected chi connectivity index (χ2v) is 5.33. The van der Waals surface area contributed by atoms with Crippen LogP contribution in [0.2, 0.25) is 0 Å². The molecule has 2 rings (SSSR count). The van der Waals surface area contributed by atoms with Crippen LogP contribution in [0.5, 0.6) is 0 Å². The van der Waals surface area contributed by atoms with Gasteiger partial charge in [0.2, 0.25) is 0 Å². The summed E-state index contributed by atoms with van der Waals surface area (Å²) < 4.78 is 19.4. The Balaban J connectivity index is 1.85. The van der Waals surface area contributed by atoms with E-state index in [4.69, 9.17) is 9.84 Å². The molecule has 1 N–H and O–H groups in total. The molecule has 1 amide bonds. The van der Waals surface area contributed by atoms with Crippen molar-refractivity contribution in [2.75, 3.05) is 19.7 Å². The van der Waals surface area contributed by atoms with E-state index in [0.29, 0.717) is 0 Å². The molecule has 0 spiro atoms. The Bertz CT molecular complexity index is 454. The van der Waals surface area contributed by atoms with Crippen molar-refractivity contribution in [2.24, 2.45) is 5.92 Å². The van der Waals surface area contributed by atoms with Crippen LogP contribution in [0.1, 0.15) is 18.9 Å². The smallest absolute Gasteiger partial charge is 0.410 e. The number of alkyl halides is 1. The number of carbonyl (C=O) groups is 1. The third kappa shape index (κ3) is 3.28. The fourth-order valence-electron chi connectivity index (χ4n) is 2.36. The molecule has 0 aromatic heterocycles. The lowest BCUT2D eigenvalue weighted by Crippen LogP contribution is -2.52. The van der Waals surface area contributed by atoms with Gasteiger partial charge in [-0.2, -0.15) is 0 Å². The van der Waals surface area contributed by atoms with Crippen molar-refractivity contribution < 1.29 is 19.0 Å². The maximum atomic E-state index is 14.2. The summed E-state index contributed by atoms with van der Waals surface area (Å²) in [5, 5.41) is 9.09. The summed E-state index contributed by atoms with van der Waals surface area (Å²) in [4.78, 5) is 13.4.